The number of carbonyl (C=O) groups is 1. The van der Waals surface area contributed by atoms with Crippen molar-refractivity contribution in [3.63, 3.8) is 0 Å². The Bertz CT molecular complexity index is 647. The lowest BCUT2D eigenvalue weighted by Crippen LogP contribution is -2.06. The largest absolute Gasteiger partial charge is 0.478 e. The highest BCUT2D eigenvalue weighted by Crippen LogP contribution is 2.25. The van der Waals surface area contributed by atoms with Gasteiger partial charge in [0.25, 0.3) is 0 Å². The summed E-state index contributed by atoms with van der Waals surface area (Å²) in [5, 5.41) is 11.6. The van der Waals surface area contributed by atoms with Crippen LogP contribution in [0.25, 0.3) is 0 Å². The summed E-state index contributed by atoms with van der Waals surface area (Å²) in [5.74, 6) is -2.82. The molecule has 0 spiro atoms. The predicted octanol–water partition coefficient (Wildman–Crippen LogP) is 4.01. The maximum Gasteiger partial charge on any atom is 0.340 e. The molecule has 0 fully saturated rings. The van der Waals surface area contributed by atoms with Gasteiger partial charge in [0.15, 0.2) is 0 Å². The van der Waals surface area contributed by atoms with E-state index in [2.05, 4.69) is 5.32 Å². The maximum atomic E-state index is 13.7. The number of aromatic carboxylic acids is 1. The van der Waals surface area contributed by atoms with Crippen molar-refractivity contribution in [2.24, 2.45) is 0 Å². The van der Waals surface area contributed by atoms with E-state index in [0.717, 1.165) is 6.07 Å². The first-order valence-electron chi connectivity index (χ1n) is 5.23. The van der Waals surface area contributed by atoms with Crippen LogP contribution in [0.1, 0.15) is 10.4 Å². The Morgan fingerprint density at radius 2 is 1.84 bits per heavy atom. The molecular weight excluding hydrogens is 367 g/mol. The fourth-order valence-electron chi connectivity index (χ4n) is 1.58. The summed E-state index contributed by atoms with van der Waals surface area (Å²) in [5.41, 5.74) is -0.415. The summed E-state index contributed by atoms with van der Waals surface area (Å²) in [6.45, 7) is 0. The zero-order valence-corrected chi connectivity index (χ0v) is 11.6. The van der Waals surface area contributed by atoms with Crippen molar-refractivity contribution >= 4 is 39.9 Å². The number of anilines is 2. The first kappa shape index (κ1) is 13.7. The molecule has 0 aliphatic carbocycles. The quantitative estimate of drug-likeness (QED) is 0.798. The van der Waals surface area contributed by atoms with Crippen molar-refractivity contribution < 1.29 is 18.7 Å². The normalized spacial score (nSPS) is 10.3. The van der Waals surface area contributed by atoms with Gasteiger partial charge in [0, 0.05) is 3.57 Å². The SMILES string of the molecule is O=C(O)c1c(F)cccc1Nc1ccc(I)cc1F. The van der Waals surface area contributed by atoms with Crippen LogP contribution in [0.4, 0.5) is 20.2 Å². The second-order valence-corrected chi connectivity index (χ2v) is 4.96. The van der Waals surface area contributed by atoms with Gasteiger partial charge in [0.1, 0.15) is 17.2 Å². The van der Waals surface area contributed by atoms with Crippen LogP contribution in [-0.4, -0.2) is 11.1 Å². The van der Waals surface area contributed by atoms with Gasteiger partial charge in [-0.05, 0) is 52.9 Å². The van der Waals surface area contributed by atoms with E-state index in [1.807, 2.05) is 22.6 Å². The molecule has 0 heterocycles. The minimum absolute atomic E-state index is 0.00704. The summed E-state index contributed by atoms with van der Waals surface area (Å²) in [7, 11) is 0. The molecule has 0 amide bonds. The molecule has 0 bridgehead atoms. The van der Waals surface area contributed by atoms with Crippen LogP contribution in [-0.2, 0) is 0 Å². The lowest BCUT2D eigenvalue weighted by atomic mass is 10.1. The first-order valence-corrected chi connectivity index (χ1v) is 6.31. The monoisotopic (exact) mass is 375 g/mol. The van der Waals surface area contributed by atoms with Crippen LogP contribution in [0.3, 0.4) is 0 Å². The van der Waals surface area contributed by atoms with Crippen LogP contribution >= 0.6 is 22.6 Å². The molecule has 0 saturated carbocycles. The minimum atomic E-state index is -1.41. The van der Waals surface area contributed by atoms with E-state index >= 15 is 0 Å². The Morgan fingerprint density at radius 1 is 1.11 bits per heavy atom. The summed E-state index contributed by atoms with van der Waals surface area (Å²) in [4.78, 5) is 11.0. The van der Waals surface area contributed by atoms with Gasteiger partial charge in [0.05, 0.1) is 11.4 Å². The number of halogens is 3. The fraction of sp³-hybridized carbons (Fsp3) is 0. The molecule has 0 atom stereocenters. The van der Waals surface area contributed by atoms with Crippen LogP contribution in [0.2, 0.25) is 0 Å². The third-order valence-corrected chi connectivity index (χ3v) is 3.10. The van der Waals surface area contributed by atoms with E-state index in [1.165, 1.54) is 24.3 Å². The smallest absolute Gasteiger partial charge is 0.340 e. The zero-order chi connectivity index (χ0) is 14.0. The van der Waals surface area contributed by atoms with Gasteiger partial charge in [-0.1, -0.05) is 6.07 Å². The standard InChI is InChI=1S/C13H8F2INO2/c14-8-2-1-3-11(12(8)13(18)19)17-10-5-4-7(16)6-9(10)15/h1-6,17H,(H,18,19). The number of hydrogen-bond acceptors (Lipinski definition) is 2. The molecule has 0 aliphatic heterocycles. The topological polar surface area (TPSA) is 49.3 Å². The Labute approximate surface area is 121 Å². The van der Waals surface area contributed by atoms with Gasteiger partial charge in [-0.25, -0.2) is 13.6 Å². The summed E-state index contributed by atoms with van der Waals surface area (Å²) < 4.78 is 27.8. The highest BCUT2D eigenvalue weighted by molar-refractivity contribution is 14.1. The number of rotatable bonds is 3. The van der Waals surface area contributed by atoms with Crippen LogP contribution in [0.5, 0.6) is 0 Å². The first-order chi connectivity index (χ1) is 8.99. The number of carboxylic acids is 1. The molecular formula is C13H8F2INO2. The van der Waals surface area contributed by atoms with Crippen LogP contribution < -0.4 is 5.32 Å². The average Bonchev–Trinajstić information content (AvgIpc) is 2.32. The van der Waals surface area contributed by atoms with E-state index in [9.17, 15) is 13.6 Å². The minimum Gasteiger partial charge on any atom is -0.478 e. The van der Waals surface area contributed by atoms with Crippen molar-refractivity contribution in [1.82, 2.24) is 0 Å². The highest BCUT2D eigenvalue weighted by atomic mass is 127. The lowest BCUT2D eigenvalue weighted by molar-refractivity contribution is 0.0693. The van der Waals surface area contributed by atoms with E-state index in [1.54, 1.807) is 6.07 Å². The lowest BCUT2D eigenvalue weighted by Gasteiger charge is -2.11. The number of carboxylic acid groups (broad SMARTS) is 1. The van der Waals surface area contributed by atoms with Gasteiger partial charge in [0.2, 0.25) is 0 Å². The Kier molecular flexibility index (Phi) is 3.98. The third-order valence-electron chi connectivity index (χ3n) is 2.43. The molecule has 0 radical (unpaired) electrons. The highest BCUT2D eigenvalue weighted by Gasteiger charge is 2.16. The fourth-order valence-corrected chi connectivity index (χ4v) is 2.03. The Hall–Kier alpha value is -1.70. The van der Waals surface area contributed by atoms with Gasteiger partial charge >= 0.3 is 5.97 Å². The summed E-state index contributed by atoms with van der Waals surface area (Å²) >= 11 is 1.95. The number of nitrogens with one attached hydrogen (secondary N) is 1. The molecule has 19 heavy (non-hydrogen) atoms. The molecule has 2 aromatic carbocycles. The van der Waals surface area contributed by atoms with Gasteiger partial charge < -0.3 is 10.4 Å². The Morgan fingerprint density at radius 3 is 2.47 bits per heavy atom. The Balaban J connectivity index is 2.44. The molecule has 2 rings (SSSR count). The predicted molar refractivity (Wildman–Crippen MR) is 75.8 cm³/mol. The maximum absolute atomic E-state index is 13.7. The molecule has 0 unspecified atom stereocenters. The third kappa shape index (κ3) is 3.01. The molecule has 2 N–H and O–H groups in total. The van der Waals surface area contributed by atoms with Crippen molar-refractivity contribution in [2.75, 3.05) is 5.32 Å². The second-order valence-electron chi connectivity index (χ2n) is 3.72. The van der Waals surface area contributed by atoms with Crippen LogP contribution in [0, 0.1) is 15.2 Å². The second kappa shape index (κ2) is 5.52. The summed E-state index contributed by atoms with van der Waals surface area (Å²) in [6.07, 6.45) is 0. The molecule has 0 aromatic heterocycles. The van der Waals surface area contributed by atoms with Crippen molar-refractivity contribution in [3.8, 4) is 0 Å². The average molecular weight is 375 g/mol. The van der Waals surface area contributed by atoms with Crippen molar-refractivity contribution in [1.29, 1.82) is 0 Å². The molecule has 6 heteroatoms. The van der Waals surface area contributed by atoms with E-state index < -0.39 is 23.2 Å². The zero-order valence-electron chi connectivity index (χ0n) is 9.45. The number of hydrogen-bond donors (Lipinski definition) is 2. The van der Waals surface area contributed by atoms with E-state index in [4.69, 9.17) is 5.11 Å². The van der Waals surface area contributed by atoms with Crippen molar-refractivity contribution in [2.45, 2.75) is 0 Å². The van der Waals surface area contributed by atoms with Gasteiger partial charge in [-0.15, -0.1) is 0 Å². The number of benzene rings is 2. The summed E-state index contributed by atoms with van der Waals surface area (Å²) in [6, 6.07) is 8.19. The van der Waals surface area contributed by atoms with E-state index in [0.29, 0.717) is 3.57 Å². The molecule has 3 nitrogen and oxygen atoms in total. The van der Waals surface area contributed by atoms with E-state index in [-0.39, 0.29) is 11.4 Å². The molecule has 98 valence electrons. The molecule has 0 aliphatic rings. The van der Waals surface area contributed by atoms with Crippen molar-refractivity contribution in [3.05, 3.63) is 57.2 Å². The van der Waals surface area contributed by atoms with Crippen LogP contribution in [0.15, 0.2) is 36.4 Å². The molecule has 2 aromatic rings. The van der Waals surface area contributed by atoms with Gasteiger partial charge in [-0.2, -0.15) is 0 Å². The molecule has 0 saturated heterocycles. The van der Waals surface area contributed by atoms with Gasteiger partial charge in [-0.3, -0.25) is 0 Å².